The molecule has 0 aliphatic carbocycles. The van der Waals surface area contributed by atoms with Gasteiger partial charge in [-0.3, -0.25) is 71.9 Å². The van der Waals surface area contributed by atoms with E-state index in [0.29, 0.717) is 22.3 Å². The lowest BCUT2D eigenvalue weighted by Crippen LogP contribution is -2.57. The Bertz CT molecular complexity index is 3640. The van der Waals surface area contributed by atoms with Gasteiger partial charge in [0, 0.05) is 83.2 Å². The lowest BCUT2D eigenvalue weighted by Gasteiger charge is -2.26. The zero-order chi connectivity index (χ0) is 78.8. The van der Waals surface area contributed by atoms with E-state index in [9.17, 15) is 103 Å². The van der Waals surface area contributed by atoms with Crippen molar-refractivity contribution < 1.29 is 113 Å². The maximum absolute atomic E-state index is 14.7. The molecule has 0 fully saturated rings. The van der Waals surface area contributed by atoms with Crippen LogP contribution in [-0.4, -0.2) is 197 Å². The van der Waals surface area contributed by atoms with Crippen LogP contribution in [0, 0.1) is 0 Å². The summed E-state index contributed by atoms with van der Waals surface area (Å²) in [6.07, 6.45) is -3.72. The van der Waals surface area contributed by atoms with E-state index in [1.807, 2.05) is 0 Å². The van der Waals surface area contributed by atoms with Crippen molar-refractivity contribution in [2.24, 2.45) is 0 Å². The van der Waals surface area contributed by atoms with Crippen molar-refractivity contribution in [3.05, 3.63) is 119 Å². The smallest absolute Gasteiger partial charge is 0.303 e. The number of amides is 10. The first kappa shape index (κ1) is 88.1. The van der Waals surface area contributed by atoms with Gasteiger partial charge in [0.05, 0.1) is 31.7 Å². The molecular weight excluding hydrogens is 1420 g/mol. The maximum atomic E-state index is 14.7. The fraction of sp³-hybridized carbons (Fsp3) is 0.466. The molecule has 0 bridgehead atoms. The molecule has 0 saturated heterocycles. The van der Waals surface area contributed by atoms with Crippen molar-refractivity contribution in [1.29, 1.82) is 0 Å². The Morgan fingerprint density at radius 3 is 0.832 bits per heavy atom. The van der Waals surface area contributed by atoms with E-state index in [1.165, 1.54) is 97.1 Å². The van der Waals surface area contributed by atoms with Gasteiger partial charge < -0.3 is 94.0 Å². The zero-order valence-corrected chi connectivity index (χ0v) is 59.9. The maximum Gasteiger partial charge on any atom is 0.303 e. The average molecular weight is 1510 g/mol. The van der Waals surface area contributed by atoms with E-state index in [1.54, 1.807) is 0 Å². The number of nitrogens with one attached hydrogen (secondary N) is 10. The number of phenolic OH excluding ortho intramolecular Hbond substituents is 4. The molecule has 107 heavy (non-hydrogen) atoms. The van der Waals surface area contributed by atoms with Gasteiger partial charge in [-0.1, -0.05) is 61.4 Å². The molecule has 18 N–H and O–H groups in total. The summed E-state index contributed by atoms with van der Waals surface area (Å²) >= 11 is 4.20. The highest BCUT2D eigenvalue weighted by Gasteiger charge is 2.32. The number of aliphatic carboxylic acids is 4. The number of hydrogen-bond acceptors (Lipinski definition) is 20. The molecule has 4 aromatic carbocycles. The Kier molecular flexibility index (Phi) is 39.4. The monoisotopic (exact) mass is 1510 g/mol. The predicted molar refractivity (Wildman–Crippen MR) is 387 cm³/mol. The van der Waals surface area contributed by atoms with E-state index < -0.39 is 182 Å². The number of carboxylic acid groups (broad SMARTS) is 4. The Hall–Kier alpha value is -11.3. The van der Waals surface area contributed by atoms with Gasteiger partial charge >= 0.3 is 23.9 Å². The van der Waals surface area contributed by atoms with Gasteiger partial charge in [-0.05, 0) is 122 Å². The van der Waals surface area contributed by atoms with Gasteiger partial charge in [0.15, 0.2) is 5.78 Å². The molecule has 0 aliphatic heterocycles. The average Bonchev–Trinajstić information content (AvgIpc) is 0.870. The minimum atomic E-state index is -1.47. The number of thiol groups is 1. The Morgan fingerprint density at radius 2 is 0.523 bits per heavy atom. The van der Waals surface area contributed by atoms with Gasteiger partial charge in [0.25, 0.3) is 0 Å². The molecule has 4 aromatic rings. The Morgan fingerprint density at radius 1 is 0.271 bits per heavy atom. The fourth-order valence-corrected chi connectivity index (χ4v) is 11.0. The van der Waals surface area contributed by atoms with Crippen molar-refractivity contribution in [2.45, 2.75) is 190 Å². The van der Waals surface area contributed by atoms with Crippen LogP contribution in [0.4, 0.5) is 0 Å². The number of ketones is 1. The van der Waals surface area contributed by atoms with Gasteiger partial charge in [-0.2, -0.15) is 12.6 Å². The minimum absolute atomic E-state index is 0.00930. The van der Waals surface area contributed by atoms with Crippen molar-refractivity contribution in [2.75, 3.05) is 25.4 Å². The standard InChI is InChI=1S/C73H96N10O23S/c84-48-20-12-44(13-21-48)40-55(77-60(89)28-32-64(93)94)69(102)74-36-6-4-8-52(81-72(105)57(79-62(91)30-34-66(97)98)42-46-16-24-50(86)25-17-46)59(88)11-3-1-2-9-53(68(101)76-38-39-107)82-71(104)54(83-73(106)58(80-63(92)31-35-67(99)100)43-47-18-26-51(87)27-19-47)10-5-7-37-75-70(103)56(78-61(90)29-33-65(95)96)41-45-14-22-49(85)23-15-45/h12-27,52-58,84-87,107H,1-11,28-43H2,(H,74,102)(H,75,103)(H,76,101)(H,77,89)(H,78,90)(H,79,91)(H,80,92)(H,81,105)(H,82,104)(H,83,106)(H,93,94)(H,95,96)(H,97,98)(H,99,100)/t52-,53-,54-,55-,56-,57-,58-/m0/s1. The van der Waals surface area contributed by atoms with Crippen LogP contribution in [0.25, 0.3) is 0 Å². The quantitative estimate of drug-likeness (QED) is 0.0221. The van der Waals surface area contributed by atoms with Crippen LogP contribution in [0.15, 0.2) is 97.1 Å². The summed E-state index contributed by atoms with van der Waals surface area (Å²) in [5, 5.41) is 103. The number of carbonyl (C=O) groups is 15. The predicted octanol–water partition coefficient (Wildman–Crippen LogP) is 1.77. The van der Waals surface area contributed by atoms with Crippen LogP contribution in [0.1, 0.15) is 144 Å². The van der Waals surface area contributed by atoms with Crippen LogP contribution >= 0.6 is 12.6 Å². The second-order valence-corrected chi connectivity index (χ2v) is 25.8. The molecule has 0 heterocycles. The Labute approximate surface area is 622 Å². The molecule has 0 saturated carbocycles. The van der Waals surface area contributed by atoms with Gasteiger partial charge in [-0.15, -0.1) is 0 Å². The molecule has 4 rings (SSSR count). The number of carboxylic acids is 4. The second-order valence-electron chi connectivity index (χ2n) is 25.4. The second kappa shape index (κ2) is 47.9. The summed E-state index contributed by atoms with van der Waals surface area (Å²) in [6, 6.07) is 13.8. The van der Waals surface area contributed by atoms with Crippen molar-refractivity contribution in [3.8, 4) is 23.0 Å². The number of unbranched alkanes of at least 4 members (excludes halogenated alkanes) is 4. The number of Topliss-reactive ketones (excluding diaryl/α,β-unsaturated/α-hetero) is 1. The molecule has 0 aromatic heterocycles. The summed E-state index contributed by atoms with van der Waals surface area (Å²) in [5.41, 5.74) is 2.00. The van der Waals surface area contributed by atoms with E-state index >= 15 is 0 Å². The summed E-state index contributed by atoms with van der Waals surface area (Å²) in [6.45, 7) is -0.0189. The highest BCUT2D eigenvalue weighted by molar-refractivity contribution is 7.80. The van der Waals surface area contributed by atoms with Crippen LogP contribution in [0.3, 0.4) is 0 Å². The molecule has 0 radical (unpaired) electrons. The third-order valence-corrected chi connectivity index (χ3v) is 16.8. The normalized spacial score (nSPS) is 12.8. The summed E-state index contributed by atoms with van der Waals surface area (Å²) < 4.78 is 0. The first-order valence-electron chi connectivity index (χ1n) is 35.0. The number of benzene rings is 4. The van der Waals surface area contributed by atoms with Gasteiger partial charge in [0.1, 0.15) is 59.2 Å². The van der Waals surface area contributed by atoms with Crippen LogP contribution in [0.5, 0.6) is 23.0 Å². The topological polar surface area (TPSA) is 538 Å². The van der Waals surface area contributed by atoms with Crippen LogP contribution in [-0.2, 0) is 97.6 Å². The summed E-state index contributed by atoms with van der Waals surface area (Å²) in [5.74, 6) is -13.3. The Balaban J connectivity index is 1.57. The number of hydrogen-bond donors (Lipinski definition) is 19. The molecule has 10 amide bonds. The van der Waals surface area contributed by atoms with Crippen molar-refractivity contribution in [1.82, 2.24) is 53.2 Å². The van der Waals surface area contributed by atoms with E-state index in [0.717, 1.165) is 0 Å². The molecule has 34 heteroatoms. The van der Waals surface area contributed by atoms with Gasteiger partial charge in [0.2, 0.25) is 59.1 Å². The molecular formula is C73H96N10O23S. The van der Waals surface area contributed by atoms with Crippen molar-refractivity contribution in [3.63, 3.8) is 0 Å². The lowest BCUT2D eigenvalue weighted by molar-refractivity contribution is -0.139. The molecule has 582 valence electrons. The first-order valence-corrected chi connectivity index (χ1v) is 35.6. The number of phenols is 4. The van der Waals surface area contributed by atoms with E-state index in [-0.39, 0.29) is 145 Å². The third kappa shape index (κ3) is 36.8. The van der Waals surface area contributed by atoms with Crippen LogP contribution in [0.2, 0.25) is 0 Å². The lowest BCUT2D eigenvalue weighted by atomic mass is 9.98. The molecule has 33 nitrogen and oxygen atoms in total. The molecule has 0 spiro atoms. The molecule has 7 atom stereocenters. The largest absolute Gasteiger partial charge is 0.508 e. The number of rotatable bonds is 52. The number of carbonyl (C=O) groups excluding carboxylic acids is 11. The SMILES string of the molecule is O=C(O)CCC(=O)N[C@@H](Cc1ccc(O)cc1)C(=O)NCCCC[C@H](NC(=O)[C@H](Cc1ccc(O)cc1)NC(=O)CCC(=O)O)C(=O)CCCCC[C@H](NC(=O)[C@H](CCCCNC(=O)[C@H](Cc1ccc(O)cc1)NC(=O)CCC(=O)O)NC(=O)[C@H](Cc1ccc(O)cc1)NC(=O)CCC(=O)O)C(=O)NCCS. The first-order chi connectivity index (χ1) is 51.0. The zero-order valence-electron chi connectivity index (χ0n) is 59.0. The summed E-state index contributed by atoms with van der Waals surface area (Å²) in [4.78, 5) is 196. The highest BCUT2D eigenvalue weighted by Crippen LogP contribution is 2.19. The molecule has 0 aliphatic rings. The van der Waals surface area contributed by atoms with Crippen molar-refractivity contribution >= 4 is 101 Å². The minimum Gasteiger partial charge on any atom is -0.508 e. The highest BCUT2D eigenvalue weighted by atomic mass is 32.1. The molecule has 0 unspecified atom stereocenters. The number of aromatic hydroxyl groups is 4. The van der Waals surface area contributed by atoms with E-state index in [2.05, 4.69) is 65.8 Å². The fourth-order valence-electron chi connectivity index (χ4n) is 10.8. The van der Waals surface area contributed by atoms with E-state index in [4.69, 9.17) is 10.2 Å². The van der Waals surface area contributed by atoms with Gasteiger partial charge in [-0.25, -0.2) is 0 Å². The third-order valence-electron chi connectivity index (χ3n) is 16.6. The summed E-state index contributed by atoms with van der Waals surface area (Å²) in [7, 11) is 0. The van der Waals surface area contributed by atoms with Crippen LogP contribution < -0.4 is 53.2 Å².